The predicted molar refractivity (Wildman–Crippen MR) is 139 cm³/mol. The van der Waals surface area contributed by atoms with E-state index in [4.69, 9.17) is 4.42 Å². The summed E-state index contributed by atoms with van der Waals surface area (Å²) in [6.45, 7) is 4.27. The molecule has 1 aliphatic heterocycles. The second-order valence-corrected chi connectivity index (χ2v) is 8.25. The van der Waals surface area contributed by atoms with E-state index in [1.54, 1.807) is 23.0 Å². The molecule has 0 spiro atoms. The molecule has 34 heavy (non-hydrogen) atoms. The summed E-state index contributed by atoms with van der Waals surface area (Å²) in [7, 11) is 0. The zero-order valence-corrected chi connectivity index (χ0v) is 20.1. The van der Waals surface area contributed by atoms with Gasteiger partial charge in [-0.3, -0.25) is 19.0 Å². The monoisotopic (exact) mass is 497 g/mol. The first-order chi connectivity index (χ1) is 15.8. The third-order valence-corrected chi connectivity index (χ3v) is 6.23. The Bertz CT molecular complexity index is 1470. The SMILES string of the molecule is Cl.Cl.O=c1c2cc(-c3ccccn3)oc2ccn1-c1ccc2c(cnn2CCN2CCCC2)c1. The molecule has 1 saturated heterocycles. The maximum atomic E-state index is 13.2. The molecule has 6 rings (SSSR count). The summed E-state index contributed by atoms with van der Waals surface area (Å²) in [6, 6.07) is 15.2. The van der Waals surface area contributed by atoms with Crippen molar-refractivity contribution in [1.82, 2.24) is 24.2 Å². The lowest BCUT2D eigenvalue weighted by atomic mass is 10.2. The van der Waals surface area contributed by atoms with E-state index >= 15 is 0 Å². The van der Waals surface area contributed by atoms with Crippen molar-refractivity contribution in [3.8, 4) is 17.1 Å². The summed E-state index contributed by atoms with van der Waals surface area (Å²) in [5, 5.41) is 6.14. The smallest absolute Gasteiger partial charge is 0.266 e. The molecule has 0 radical (unpaired) electrons. The van der Waals surface area contributed by atoms with Crippen molar-refractivity contribution in [2.75, 3.05) is 19.6 Å². The Labute approximate surface area is 208 Å². The van der Waals surface area contributed by atoms with Gasteiger partial charge < -0.3 is 9.32 Å². The number of hydrogen-bond acceptors (Lipinski definition) is 5. The van der Waals surface area contributed by atoms with Crippen LogP contribution in [0.15, 0.2) is 76.3 Å². The Morgan fingerprint density at radius 2 is 1.82 bits per heavy atom. The highest BCUT2D eigenvalue weighted by Crippen LogP contribution is 2.25. The molecular weight excluding hydrogens is 473 g/mol. The average Bonchev–Trinajstić information content (AvgIpc) is 3.58. The number of likely N-dealkylation sites (tertiary alicyclic amines) is 1. The number of halogens is 2. The molecule has 0 atom stereocenters. The van der Waals surface area contributed by atoms with Crippen LogP contribution >= 0.6 is 24.8 Å². The van der Waals surface area contributed by atoms with Crippen LogP contribution < -0.4 is 5.56 Å². The van der Waals surface area contributed by atoms with Crippen LogP contribution in [0.4, 0.5) is 0 Å². The number of hydrogen-bond donors (Lipinski definition) is 0. The standard InChI is InChI=1S/C25H23N5O2.2ClH/c31-25-20-16-24(21-5-1-2-9-26-21)32-23(20)8-12-29(25)19-6-7-22-18(15-19)17-27-30(22)14-13-28-10-3-4-11-28;;/h1-2,5-9,12,15-17H,3-4,10-11,13-14H2;2*1H. The van der Waals surface area contributed by atoms with Gasteiger partial charge in [0.25, 0.3) is 5.56 Å². The largest absolute Gasteiger partial charge is 0.454 e. The lowest BCUT2D eigenvalue weighted by Gasteiger charge is -2.14. The van der Waals surface area contributed by atoms with Crippen LogP contribution in [0.2, 0.25) is 0 Å². The van der Waals surface area contributed by atoms with Gasteiger partial charge >= 0.3 is 0 Å². The first-order valence-electron chi connectivity index (χ1n) is 11.0. The van der Waals surface area contributed by atoms with E-state index in [9.17, 15) is 4.79 Å². The molecule has 0 amide bonds. The van der Waals surface area contributed by atoms with E-state index in [0.29, 0.717) is 22.4 Å². The molecule has 0 bridgehead atoms. The zero-order valence-electron chi connectivity index (χ0n) is 18.5. The first kappa shape index (κ1) is 24.0. The molecule has 0 saturated carbocycles. The number of fused-ring (bicyclic) bond motifs is 2. The van der Waals surface area contributed by atoms with Crippen molar-refractivity contribution < 1.29 is 4.42 Å². The minimum Gasteiger partial charge on any atom is -0.454 e. The lowest BCUT2D eigenvalue weighted by molar-refractivity contribution is 0.318. The second-order valence-electron chi connectivity index (χ2n) is 8.25. The average molecular weight is 498 g/mol. The van der Waals surface area contributed by atoms with E-state index < -0.39 is 0 Å². The molecule has 0 N–H and O–H groups in total. The first-order valence-corrected chi connectivity index (χ1v) is 11.0. The molecule has 5 heterocycles. The number of furan rings is 1. The van der Waals surface area contributed by atoms with Crippen molar-refractivity contribution in [1.29, 1.82) is 0 Å². The van der Waals surface area contributed by atoms with Crippen LogP contribution in [0.25, 0.3) is 39.0 Å². The predicted octanol–water partition coefficient (Wildman–Crippen LogP) is 4.93. The molecule has 1 fully saturated rings. The summed E-state index contributed by atoms with van der Waals surface area (Å²) in [6.07, 6.45) is 7.94. The van der Waals surface area contributed by atoms with Gasteiger partial charge in [0.05, 0.1) is 23.6 Å². The van der Waals surface area contributed by atoms with E-state index in [1.165, 1.54) is 25.9 Å². The minimum atomic E-state index is -0.116. The molecule has 1 aromatic carbocycles. The van der Waals surface area contributed by atoms with Crippen molar-refractivity contribution in [2.24, 2.45) is 0 Å². The maximum Gasteiger partial charge on any atom is 0.266 e. The van der Waals surface area contributed by atoms with Crippen LogP contribution in [-0.4, -0.2) is 43.9 Å². The Morgan fingerprint density at radius 3 is 2.62 bits per heavy atom. The number of aromatic nitrogens is 4. The summed E-state index contributed by atoms with van der Waals surface area (Å²) in [5.41, 5.74) is 3.04. The minimum absolute atomic E-state index is 0. The van der Waals surface area contributed by atoms with Gasteiger partial charge in [0.1, 0.15) is 11.3 Å². The van der Waals surface area contributed by atoms with Gasteiger partial charge in [0, 0.05) is 30.0 Å². The van der Waals surface area contributed by atoms with E-state index in [0.717, 1.165) is 29.7 Å². The fraction of sp³-hybridized carbons (Fsp3) is 0.240. The normalized spacial score (nSPS) is 13.8. The van der Waals surface area contributed by atoms with Gasteiger partial charge in [0.2, 0.25) is 0 Å². The summed E-state index contributed by atoms with van der Waals surface area (Å²) in [5.74, 6) is 0.588. The lowest BCUT2D eigenvalue weighted by Crippen LogP contribution is -2.24. The highest BCUT2D eigenvalue weighted by Gasteiger charge is 2.14. The molecule has 0 aliphatic carbocycles. The van der Waals surface area contributed by atoms with Crippen LogP contribution in [0.5, 0.6) is 0 Å². The molecule has 7 nitrogen and oxygen atoms in total. The third kappa shape index (κ3) is 4.34. The van der Waals surface area contributed by atoms with Crippen molar-refractivity contribution in [2.45, 2.75) is 19.4 Å². The van der Waals surface area contributed by atoms with E-state index in [1.807, 2.05) is 48.7 Å². The number of rotatable bonds is 5. The van der Waals surface area contributed by atoms with Crippen molar-refractivity contribution >= 4 is 46.7 Å². The highest BCUT2D eigenvalue weighted by atomic mass is 35.5. The summed E-state index contributed by atoms with van der Waals surface area (Å²) >= 11 is 0. The molecule has 176 valence electrons. The quantitative estimate of drug-likeness (QED) is 0.344. The van der Waals surface area contributed by atoms with E-state index in [2.05, 4.69) is 19.7 Å². The molecule has 9 heteroatoms. The fourth-order valence-electron chi connectivity index (χ4n) is 4.52. The zero-order chi connectivity index (χ0) is 21.5. The number of benzene rings is 1. The molecule has 4 aromatic heterocycles. The topological polar surface area (TPSA) is 69.1 Å². The Morgan fingerprint density at radius 1 is 0.971 bits per heavy atom. The van der Waals surface area contributed by atoms with Gasteiger partial charge in [-0.15, -0.1) is 24.8 Å². The van der Waals surface area contributed by atoms with Gasteiger partial charge in [-0.1, -0.05) is 6.07 Å². The van der Waals surface area contributed by atoms with Gasteiger partial charge in [0.15, 0.2) is 5.76 Å². The number of nitrogens with zero attached hydrogens (tertiary/aromatic N) is 5. The van der Waals surface area contributed by atoms with Crippen LogP contribution in [-0.2, 0) is 6.54 Å². The Balaban J connectivity index is 0.00000137. The molecule has 1 aliphatic rings. The second kappa shape index (κ2) is 10.0. The third-order valence-electron chi connectivity index (χ3n) is 6.23. The Kier molecular flexibility index (Phi) is 7.07. The molecular formula is C25H25Cl2N5O2. The molecule has 0 unspecified atom stereocenters. The maximum absolute atomic E-state index is 13.2. The Hall–Kier alpha value is -3.13. The fourth-order valence-corrected chi connectivity index (χ4v) is 4.52. The van der Waals surface area contributed by atoms with Gasteiger partial charge in [-0.05, 0) is 68.4 Å². The van der Waals surface area contributed by atoms with Crippen LogP contribution in [0.3, 0.4) is 0 Å². The highest BCUT2D eigenvalue weighted by molar-refractivity contribution is 5.86. The van der Waals surface area contributed by atoms with E-state index in [-0.39, 0.29) is 30.4 Å². The van der Waals surface area contributed by atoms with Crippen LogP contribution in [0.1, 0.15) is 12.8 Å². The summed E-state index contributed by atoms with van der Waals surface area (Å²) < 4.78 is 9.58. The van der Waals surface area contributed by atoms with Gasteiger partial charge in [-0.25, -0.2) is 0 Å². The number of pyridine rings is 2. The van der Waals surface area contributed by atoms with Crippen LogP contribution in [0, 0.1) is 0 Å². The van der Waals surface area contributed by atoms with Crippen molar-refractivity contribution in [3.05, 3.63) is 77.5 Å². The van der Waals surface area contributed by atoms with Crippen molar-refractivity contribution in [3.63, 3.8) is 0 Å². The summed E-state index contributed by atoms with van der Waals surface area (Å²) in [4.78, 5) is 20.0. The van der Waals surface area contributed by atoms with Gasteiger partial charge in [-0.2, -0.15) is 5.10 Å². The molecule has 5 aromatic rings.